The summed E-state index contributed by atoms with van der Waals surface area (Å²) in [6.07, 6.45) is 6.10. The molecule has 0 radical (unpaired) electrons. The van der Waals surface area contributed by atoms with Crippen LogP contribution in [0.2, 0.25) is 0 Å². The Kier molecular flexibility index (Phi) is 2.67. The minimum Gasteiger partial charge on any atom is -0.454 e. The van der Waals surface area contributed by atoms with Crippen LogP contribution >= 0.6 is 0 Å². The largest absolute Gasteiger partial charge is 0.454 e. The monoisotopic (exact) mass is 309 g/mol. The zero-order chi connectivity index (χ0) is 15.2. The van der Waals surface area contributed by atoms with Crippen molar-refractivity contribution in [3.8, 4) is 11.5 Å². The molecule has 0 bridgehead atoms. The first-order valence-corrected chi connectivity index (χ1v) is 7.70. The first kappa shape index (κ1) is 12.7. The van der Waals surface area contributed by atoms with Gasteiger partial charge < -0.3 is 14.8 Å². The van der Waals surface area contributed by atoms with Crippen molar-refractivity contribution in [2.75, 3.05) is 12.1 Å². The van der Waals surface area contributed by atoms with Crippen molar-refractivity contribution in [2.24, 2.45) is 0 Å². The number of nitrogens with zero attached hydrogens (tertiary/aromatic N) is 4. The quantitative estimate of drug-likeness (QED) is 0.797. The van der Waals surface area contributed by atoms with Gasteiger partial charge in [0.25, 0.3) is 0 Å². The molecule has 23 heavy (non-hydrogen) atoms. The number of hydrogen-bond donors (Lipinski definition) is 1. The van der Waals surface area contributed by atoms with Crippen molar-refractivity contribution in [3.05, 3.63) is 42.0 Å². The fourth-order valence-corrected chi connectivity index (χ4v) is 2.83. The minimum absolute atomic E-state index is 0.288. The van der Waals surface area contributed by atoms with Gasteiger partial charge in [0.1, 0.15) is 5.82 Å². The third-order valence-electron chi connectivity index (χ3n) is 4.19. The normalized spacial score (nSPS) is 16.0. The Labute approximate surface area is 132 Å². The third kappa shape index (κ3) is 2.16. The fourth-order valence-electron chi connectivity index (χ4n) is 2.83. The van der Waals surface area contributed by atoms with E-state index in [1.807, 2.05) is 28.8 Å². The summed E-state index contributed by atoms with van der Waals surface area (Å²) in [5, 5.41) is 11.9. The van der Waals surface area contributed by atoms with E-state index < -0.39 is 0 Å². The van der Waals surface area contributed by atoms with Crippen molar-refractivity contribution in [2.45, 2.75) is 25.3 Å². The first-order chi connectivity index (χ1) is 11.4. The van der Waals surface area contributed by atoms with Crippen LogP contribution in [0.1, 0.15) is 30.1 Å². The molecule has 1 saturated carbocycles. The molecule has 5 rings (SSSR count). The van der Waals surface area contributed by atoms with Gasteiger partial charge in [-0.3, -0.25) is 4.40 Å². The molecule has 2 aromatic heterocycles. The van der Waals surface area contributed by atoms with E-state index in [9.17, 15) is 0 Å². The summed E-state index contributed by atoms with van der Waals surface area (Å²) in [5.74, 6) is 3.90. The topological polar surface area (TPSA) is 73.6 Å². The van der Waals surface area contributed by atoms with Gasteiger partial charge in [0, 0.05) is 24.9 Å². The van der Waals surface area contributed by atoms with Crippen LogP contribution in [0.3, 0.4) is 0 Å². The van der Waals surface area contributed by atoms with Gasteiger partial charge in [-0.2, -0.15) is 0 Å². The summed E-state index contributed by atoms with van der Waals surface area (Å²) in [5.41, 5.74) is 1.87. The van der Waals surface area contributed by atoms with E-state index in [1.165, 1.54) is 12.8 Å². The SMILES string of the molecule is c1cn2c(C3CC3)nnc2c(NCc2ccc3c(c2)OCO3)n1. The Morgan fingerprint density at radius 2 is 2.09 bits per heavy atom. The molecule has 1 aliphatic heterocycles. The third-order valence-corrected chi connectivity index (χ3v) is 4.19. The first-order valence-electron chi connectivity index (χ1n) is 7.70. The summed E-state index contributed by atoms with van der Waals surface area (Å²) in [6.45, 7) is 0.922. The summed E-state index contributed by atoms with van der Waals surface area (Å²) in [7, 11) is 0. The van der Waals surface area contributed by atoms with Crippen LogP contribution in [-0.2, 0) is 6.54 Å². The summed E-state index contributed by atoms with van der Waals surface area (Å²) >= 11 is 0. The van der Waals surface area contributed by atoms with E-state index in [0.29, 0.717) is 12.5 Å². The smallest absolute Gasteiger partial charge is 0.231 e. The van der Waals surface area contributed by atoms with Crippen molar-refractivity contribution in [1.82, 2.24) is 19.6 Å². The number of rotatable bonds is 4. The van der Waals surface area contributed by atoms with Crippen LogP contribution < -0.4 is 14.8 Å². The molecule has 116 valence electrons. The highest BCUT2D eigenvalue weighted by Crippen LogP contribution is 2.39. The molecule has 1 N–H and O–H groups in total. The van der Waals surface area contributed by atoms with E-state index >= 15 is 0 Å². The Balaban J connectivity index is 1.41. The van der Waals surface area contributed by atoms with Crippen molar-refractivity contribution in [3.63, 3.8) is 0 Å². The maximum absolute atomic E-state index is 5.41. The van der Waals surface area contributed by atoms with Crippen LogP contribution in [0.25, 0.3) is 5.65 Å². The molecule has 1 fully saturated rings. The van der Waals surface area contributed by atoms with Crippen molar-refractivity contribution >= 4 is 11.5 Å². The number of hydrogen-bond acceptors (Lipinski definition) is 6. The van der Waals surface area contributed by atoms with E-state index in [1.54, 1.807) is 6.20 Å². The average Bonchev–Trinajstić information content (AvgIpc) is 3.16. The average molecular weight is 309 g/mol. The Hall–Kier alpha value is -2.83. The minimum atomic E-state index is 0.288. The summed E-state index contributed by atoms with van der Waals surface area (Å²) in [4.78, 5) is 4.40. The van der Waals surface area contributed by atoms with Gasteiger partial charge in [0.15, 0.2) is 17.3 Å². The Morgan fingerprint density at radius 1 is 1.17 bits per heavy atom. The van der Waals surface area contributed by atoms with Crippen molar-refractivity contribution in [1.29, 1.82) is 0 Å². The van der Waals surface area contributed by atoms with Crippen LogP contribution in [0.4, 0.5) is 5.82 Å². The van der Waals surface area contributed by atoms with Gasteiger partial charge in [0.2, 0.25) is 12.4 Å². The van der Waals surface area contributed by atoms with Crippen LogP contribution in [-0.4, -0.2) is 26.4 Å². The number of benzene rings is 1. The van der Waals surface area contributed by atoms with E-state index in [0.717, 1.165) is 34.4 Å². The summed E-state index contributed by atoms with van der Waals surface area (Å²) in [6, 6.07) is 5.92. The predicted molar refractivity (Wildman–Crippen MR) is 82.6 cm³/mol. The molecule has 3 heterocycles. The highest BCUT2D eigenvalue weighted by molar-refractivity contribution is 5.62. The number of fused-ring (bicyclic) bond motifs is 2. The number of nitrogens with one attached hydrogen (secondary N) is 1. The van der Waals surface area contributed by atoms with Crippen LogP contribution in [0, 0.1) is 0 Å². The number of anilines is 1. The van der Waals surface area contributed by atoms with Gasteiger partial charge >= 0.3 is 0 Å². The van der Waals surface area contributed by atoms with Crippen LogP contribution in [0.5, 0.6) is 11.5 Å². The molecule has 1 aromatic carbocycles. The lowest BCUT2D eigenvalue weighted by molar-refractivity contribution is 0.174. The maximum atomic E-state index is 5.41. The summed E-state index contributed by atoms with van der Waals surface area (Å²) < 4.78 is 12.8. The van der Waals surface area contributed by atoms with Crippen LogP contribution in [0.15, 0.2) is 30.6 Å². The zero-order valence-electron chi connectivity index (χ0n) is 12.4. The zero-order valence-corrected chi connectivity index (χ0v) is 12.4. The lowest BCUT2D eigenvalue weighted by Crippen LogP contribution is -2.04. The Bertz CT molecular complexity index is 887. The van der Waals surface area contributed by atoms with Gasteiger partial charge in [-0.15, -0.1) is 10.2 Å². The van der Waals surface area contributed by atoms with E-state index in [4.69, 9.17) is 9.47 Å². The molecular formula is C16H15N5O2. The van der Waals surface area contributed by atoms with Gasteiger partial charge in [-0.05, 0) is 30.5 Å². The molecule has 0 spiro atoms. The lowest BCUT2D eigenvalue weighted by Gasteiger charge is -2.07. The van der Waals surface area contributed by atoms with Gasteiger partial charge in [0.05, 0.1) is 0 Å². The molecule has 3 aromatic rings. The second kappa shape index (κ2) is 4.84. The molecule has 1 aliphatic carbocycles. The highest BCUT2D eigenvalue weighted by Gasteiger charge is 2.29. The second-order valence-corrected chi connectivity index (χ2v) is 5.84. The number of aromatic nitrogens is 4. The molecule has 0 saturated heterocycles. The van der Waals surface area contributed by atoms with Crippen molar-refractivity contribution < 1.29 is 9.47 Å². The second-order valence-electron chi connectivity index (χ2n) is 5.84. The van der Waals surface area contributed by atoms with E-state index in [2.05, 4.69) is 20.5 Å². The molecule has 2 aliphatic rings. The molecule has 0 unspecified atom stereocenters. The van der Waals surface area contributed by atoms with E-state index in [-0.39, 0.29) is 6.79 Å². The molecule has 0 atom stereocenters. The van der Waals surface area contributed by atoms with Gasteiger partial charge in [-0.1, -0.05) is 6.07 Å². The highest BCUT2D eigenvalue weighted by atomic mass is 16.7. The number of ether oxygens (including phenoxy) is 2. The predicted octanol–water partition coefficient (Wildman–Crippen LogP) is 2.34. The molecule has 0 amide bonds. The molecule has 7 nitrogen and oxygen atoms in total. The Morgan fingerprint density at radius 3 is 3.00 bits per heavy atom. The standard InChI is InChI=1S/C16H15N5O2/c1-4-12-13(23-9-22-12)7-10(1)8-18-14-16-20-19-15(11-2-3-11)21(16)6-5-17-14/h1,4-7,11H,2-3,8-9H2,(H,17,18). The van der Waals surface area contributed by atoms with Gasteiger partial charge in [-0.25, -0.2) is 4.98 Å². The molecular weight excluding hydrogens is 294 g/mol. The lowest BCUT2D eigenvalue weighted by atomic mass is 10.2. The fraction of sp³-hybridized carbons (Fsp3) is 0.312. The molecule has 7 heteroatoms. The maximum Gasteiger partial charge on any atom is 0.231 e.